The number of nitrogens with two attached hydrogens (primary N) is 1. The summed E-state index contributed by atoms with van der Waals surface area (Å²) in [7, 11) is 0. The van der Waals surface area contributed by atoms with Gasteiger partial charge in [0.2, 0.25) is 0 Å². The van der Waals surface area contributed by atoms with Crippen LogP contribution in [0.1, 0.15) is 33.9 Å². The minimum Gasteiger partial charge on any atom is -0.507 e. The fourth-order valence-corrected chi connectivity index (χ4v) is 1.51. The number of benzene rings is 1. The van der Waals surface area contributed by atoms with Gasteiger partial charge in [-0.05, 0) is 31.0 Å². The number of aliphatic hydroxyl groups excluding tert-OH is 1. The third kappa shape index (κ3) is 3.59. The van der Waals surface area contributed by atoms with Crippen LogP contribution in [-0.4, -0.2) is 27.9 Å². The second-order valence-corrected chi connectivity index (χ2v) is 3.65. The van der Waals surface area contributed by atoms with E-state index in [9.17, 15) is 9.90 Å². The molecular formula is C11H16ClNO4. The largest absolute Gasteiger partial charge is 0.507 e. The lowest BCUT2D eigenvalue weighted by molar-refractivity contribution is 0.0696. The number of aromatic hydroxyl groups is 1. The highest BCUT2D eigenvalue weighted by Gasteiger charge is 2.16. The average Bonchev–Trinajstić information content (AvgIpc) is 2.21. The summed E-state index contributed by atoms with van der Waals surface area (Å²) in [4.78, 5) is 10.8. The monoisotopic (exact) mass is 261 g/mol. The van der Waals surface area contributed by atoms with Crippen molar-refractivity contribution in [3.8, 4) is 5.75 Å². The van der Waals surface area contributed by atoms with Crippen LogP contribution in [0.5, 0.6) is 5.75 Å². The van der Waals surface area contributed by atoms with Gasteiger partial charge < -0.3 is 21.1 Å². The molecule has 1 aromatic rings. The van der Waals surface area contributed by atoms with Crippen LogP contribution in [-0.2, 0) is 0 Å². The number of carboxylic acid groups (broad SMARTS) is 1. The predicted molar refractivity (Wildman–Crippen MR) is 65.7 cm³/mol. The van der Waals surface area contributed by atoms with Crippen molar-refractivity contribution in [2.75, 3.05) is 6.61 Å². The van der Waals surface area contributed by atoms with Crippen molar-refractivity contribution in [2.24, 2.45) is 5.73 Å². The van der Waals surface area contributed by atoms with Gasteiger partial charge in [-0.25, -0.2) is 4.79 Å². The van der Waals surface area contributed by atoms with Gasteiger partial charge in [0.1, 0.15) is 5.75 Å². The van der Waals surface area contributed by atoms with E-state index in [4.69, 9.17) is 15.9 Å². The number of aromatic carboxylic acids is 1. The van der Waals surface area contributed by atoms with Crippen molar-refractivity contribution in [1.82, 2.24) is 0 Å². The van der Waals surface area contributed by atoms with E-state index >= 15 is 0 Å². The molecule has 17 heavy (non-hydrogen) atoms. The molecule has 1 rings (SSSR count). The highest BCUT2D eigenvalue weighted by molar-refractivity contribution is 5.88. The molecule has 0 fully saturated rings. The van der Waals surface area contributed by atoms with Crippen LogP contribution in [0.2, 0.25) is 0 Å². The Morgan fingerprint density at radius 2 is 2.06 bits per heavy atom. The lowest BCUT2D eigenvalue weighted by Gasteiger charge is -2.14. The van der Waals surface area contributed by atoms with Crippen molar-refractivity contribution >= 4 is 18.4 Å². The Kier molecular flexibility index (Phi) is 5.95. The molecule has 6 heteroatoms. The van der Waals surface area contributed by atoms with E-state index in [0.29, 0.717) is 11.1 Å². The molecule has 0 aliphatic heterocycles. The topological polar surface area (TPSA) is 104 Å². The Balaban J connectivity index is 0.00000256. The molecule has 0 aromatic heterocycles. The number of phenolic OH excluding ortho intramolecular Hbond substituents is 1. The van der Waals surface area contributed by atoms with Gasteiger partial charge in [0.25, 0.3) is 0 Å². The maximum Gasteiger partial charge on any atom is 0.335 e. The number of carbonyl (C=O) groups is 1. The molecule has 1 atom stereocenters. The van der Waals surface area contributed by atoms with Crippen LogP contribution < -0.4 is 5.73 Å². The lowest BCUT2D eigenvalue weighted by atomic mass is 9.98. The molecule has 0 spiro atoms. The smallest absolute Gasteiger partial charge is 0.335 e. The minimum absolute atomic E-state index is 0. The molecule has 5 N–H and O–H groups in total. The van der Waals surface area contributed by atoms with Gasteiger partial charge in [-0.1, -0.05) is 0 Å². The molecule has 0 unspecified atom stereocenters. The Morgan fingerprint density at radius 3 is 2.53 bits per heavy atom. The first-order chi connectivity index (χ1) is 7.47. The molecule has 0 saturated heterocycles. The van der Waals surface area contributed by atoms with Crippen molar-refractivity contribution < 1.29 is 20.1 Å². The number of aryl methyl sites for hydroxylation is 1. The van der Waals surface area contributed by atoms with Crippen LogP contribution in [0.3, 0.4) is 0 Å². The third-order valence-corrected chi connectivity index (χ3v) is 2.42. The Labute approximate surface area is 105 Å². The first-order valence-corrected chi connectivity index (χ1v) is 4.90. The summed E-state index contributed by atoms with van der Waals surface area (Å²) in [6.45, 7) is 1.49. The van der Waals surface area contributed by atoms with Gasteiger partial charge in [0.05, 0.1) is 5.56 Å². The minimum atomic E-state index is -1.07. The zero-order chi connectivity index (χ0) is 12.3. The standard InChI is InChI=1S/C11H15NO4.ClH/c1-6-4-7(11(15)16)5-8(10(6)14)9(12)2-3-13;/h4-5,9,13-14H,2-3,12H2,1H3,(H,15,16);1H/t9-;/m0./s1. The third-order valence-electron chi connectivity index (χ3n) is 2.42. The normalized spacial score (nSPS) is 11.7. The summed E-state index contributed by atoms with van der Waals surface area (Å²) < 4.78 is 0. The highest BCUT2D eigenvalue weighted by atomic mass is 35.5. The summed E-state index contributed by atoms with van der Waals surface area (Å²) in [6.07, 6.45) is 0.274. The van der Waals surface area contributed by atoms with Crippen LogP contribution in [0.15, 0.2) is 12.1 Å². The summed E-state index contributed by atoms with van der Waals surface area (Å²) in [5.74, 6) is -1.08. The van der Waals surface area contributed by atoms with E-state index in [1.54, 1.807) is 6.92 Å². The van der Waals surface area contributed by atoms with E-state index < -0.39 is 12.0 Å². The number of hydrogen-bond donors (Lipinski definition) is 4. The van der Waals surface area contributed by atoms with E-state index in [2.05, 4.69) is 0 Å². The second kappa shape index (κ2) is 6.44. The highest BCUT2D eigenvalue weighted by Crippen LogP contribution is 2.29. The maximum absolute atomic E-state index is 10.8. The summed E-state index contributed by atoms with van der Waals surface area (Å²) >= 11 is 0. The SMILES string of the molecule is Cc1cc(C(=O)O)cc([C@@H](N)CCO)c1O.Cl. The number of halogens is 1. The van der Waals surface area contributed by atoms with Gasteiger partial charge in [-0.2, -0.15) is 0 Å². The van der Waals surface area contributed by atoms with Crippen LogP contribution >= 0.6 is 12.4 Å². The van der Waals surface area contributed by atoms with Gasteiger partial charge in [0, 0.05) is 18.2 Å². The van der Waals surface area contributed by atoms with E-state index in [1.165, 1.54) is 12.1 Å². The first kappa shape index (κ1) is 15.7. The van der Waals surface area contributed by atoms with E-state index in [1.807, 2.05) is 0 Å². The maximum atomic E-state index is 10.8. The molecule has 0 bridgehead atoms. The second-order valence-electron chi connectivity index (χ2n) is 3.65. The average molecular weight is 262 g/mol. The molecule has 0 heterocycles. The van der Waals surface area contributed by atoms with Crippen molar-refractivity contribution in [1.29, 1.82) is 0 Å². The number of aliphatic hydroxyl groups is 1. The zero-order valence-corrected chi connectivity index (χ0v) is 10.2. The predicted octanol–water partition coefficient (Wildman–Crippen LogP) is 1.20. The van der Waals surface area contributed by atoms with Crippen LogP contribution in [0, 0.1) is 6.92 Å². The molecule has 0 radical (unpaired) electrons. The van der Waals surface area contributed by atoms with Crippen molar-refractivity contribution in [3.63, 3.8) is 0 Å². The molecule has 1 aromatic carbocycles. The van der Waals surface area contributed by atoms with Crippen LogP contribution in [0.4, 0.5) is 0 Å². The fourth-order valence-electron chi connectivity index (χ4n) is 1.51. The Hall–Kier alpha value is -1.30. The Bertz CT molecular complexity index is 409. The molecule has 0 saturated carbocycles. The molecule has 96 valence electrons. The first-order valence-electron chi connectivity index (χ1n) is 4.90. The van der Waals surface area contributed by atoms with E-state index in [0.717, 1.165) is 0 Å². The molecule has 0 aliphatic carbocycles. The van der Waals surface area contributed by atoms with Gasteiger partial charge in [0.15, 0.2) is 0 Å². The summed E-state index contributed by atoms with van der Waals surface area (Å²) in [6, 6.07) is 2.15. The van der Waals surface area contributed by atoms with Crippen molar-refractivity contribution in [3.05, 3.63) is 28.8 Å². The molecular weight excluding hydrogens is 246 g/mol. The van der Waals surface area contributed by atoms with E-state index in [-0.39, 0.29) is 36.7 Å². The molecule has 0 amide bonds. The number of rotatable bonds is 4. The van der Waals surface area contributed by atoms with Crippen LogP contribution in [0.25, 0.3) is 0 Å². The van der Waals surface area contributed by atoms with Gasteiger partial charge in [-0.3, -0.25) is 0 Å². The molecule has 0 aliphatic rings. The van der Waals surface area contributed by atoms with Gasteiger partial charge in [-0.15, -0.1) is 12.4 Å². The molecule has 5 nitrogen and oxygen atoms in total. The van der Waals surface area contributed by atoms with Gasteiger partial charge >= 0.3 is 5.97 Å². The number of phenols is 1. The quantitative estimate of drug-likeness (QED) is 0.652. The Morgan fingerprint density at radius 1 is 1.47 bits per heavy atom. The summed E-state index contributed by atoms with van der Waals surface area (Å²) in [5.41, 5.74) is 6.63. The lowest BCUT2D eigenvalue weighted by Crippen LogP contribution is -2.13. The zero-order valence-electron chi connectivity index (χ0n) is 9.38. The summed E-state index contributed by atoms with van der Waals surface area (Å²) in [5, 5.41) is 27.4. The van der Waals surface area contributed by atoms with Crippen molar-refractivity contribution in [2.45, 2.75) is 19.4 Å². The number of hydrogen-bond acceptors (Lipinski definition) is 4. The number of carboxylic acids is 1. The fraction of sp³-hybridized carbons (Fsp3) is 0.364.